The first-order valence-corrected chi connectivity index (χ1v) is 6.95. The van der Waals surface area contributed by atoms with Crippen LogP contribution in [-0.2, 0) is 19.3 Å². The Hall–Kier alpha value is -2.08. The van der Waals surface area contributed by atoms with Gasteiger partial charge in [-0.25, -0.2) is 0 Å². The molecule has 19 heavy (non-hydrogen) atoms. The number of hydrogen-bond donors (Lipinski definition) is 0. The van der Waals surface area contributed by atoms with Gasteiger partial charge in [0.2, 0.25) is 0 Å². The van der Waals surface area contributed by atoms with Gasteiger partial charge in [0.25, 0.3) is 0 Å². The van der Waals surface area contributed by atoms with Crippen LogP contribution in [0.25, 0.3) is 12.2 Å². The van der Waals surface area contributed by atoms with Gasteiger partial charge in [0.05, 0.1) is 0 Å². The van der Waals surface area contributed by atoms with E-state index < -0.39 is 0 Å². The highest BCUT2D eigenvalue weighted by Gasteiger charge is 2.08. The van der Waals surface area contributed by atoms with Gasteiger partial charge in [-0.15, -0.1) is 0 Å². The summed E-state index contributed by atoms with van der Waals surface area (Å²) in [5, 5.41) is 0. The van der Waals surface area contributed by atoms with Crippen molar-refractivity contribution >= 4 is 12.2 Å². The van der Waals surface area contributed by atoms with Crippen LogP contribution in [0, 0.1) is 0 Å². The van der Waals surface area contributed by atoms with Crippen LogP contribution in [0.15, 0.2) is 48.6 Å². The molecule has 0 heteroatoms. The molecule has 2 aromatic carbocycles. The molecule has 0 amide bonds. The van der Waals surface area contributed by atoms with Crippen molar-refractivity contribution in [2.45, 2.75) is 19.3 Å². The number of allylic oxidation sites excluding steroid dienone is 2. The van der Waals surface area contributed by atoms with E-state index in [1.54, 1.807) is 0 Å². The van der Waals surface area contributed by atoms with Gasteiger partial charge in [0, 0.05) is 0 Å². The van der Waals surface area contributed by atoms with Crippen molar-refractivity contribution in [1.29, 1.82) is 0 Å². The molecule has 0 atom stereocenters. The Morgan fingerprint density at radius 2 is 1.21 bits per heavy atom. The quantitative estimate of drug-likeness (QED) is 0.733. The van der Waals surface area contributed by atoms with Crippen LogP contribution < -0.4 is 0 Å². The molecule has 2 aliphatic carbocycles. The molecule has 4 rings (SSSR count). The lowest BCUT2D eigenvalue weighted by molar-refractivity contribution is 1.16. The first-order chi connectivity index (χ1) is 9.38. The van der Waals surface area contributed by atoms with Crippen molar-refractivity contribution in [3.05, 3.63) is 81.9 Å². The van der Waals surface area contributed by atoms with Gasteiger partial charge in [-0.2, -0.15) is 0 Å². The predicted octanol–water partition coefficient (Wildman–Crippen LogP) is 4.42. The van der Waals surface area contributed by atoms with E-state index in [-0.39, 0.29) is 0 Å². The van der Waals surface area contributed by atoms with Gasteiger partial charge >= 0.3 is 0 Å². The molecular formula is C19H16. The number of benzene rings is 2. The van der Waals surface area contributed by atoms with Gasteiger partial charge in [-0.1, -0.05) is 60.7 Å². The Bertz CT molecular complexity index is 640. The maximum absolute atomic E-state index is 2.34. The van der Waals surface area contributed by atoms with Crippen molar-refractivity contribution in [3.63, 3.8) is 0 Å². The first-order valence-electron chi connectivity index (χ1n) is 6.95. The minimum atomic E-state index is 1.03. The standard InChI is InChI=1S/C19H16/c1-3-16-9-7-14(12-18(16)5-1)11-15-8-10-17-4-2-6-19(17)13-15/h1-2,5-10,12-13H,3-4,11H2. The van der Waals surface area contributed by atoms with E-state index in [4.69, 9.17) is 0 Å². The second-order valence-corrected chi connectivity index (χ2v) is 5.46. The molecule has 0 aromatic heterocycles. The second-order valence-electron chi connectivity index (χ2n) is 5.46. The van der Waals surface area contributed by atoms with Crippen molar-refractivity contribution in [3.8, 4) is 0 Å². The highest BCUT2D eigenvalue weighted by molar-refractivity contribution is 5.62. The van der Waals surface area contributed by atoms with Crippen molar-refractivity contribution in [2.24, 2.45) is 0 Å². The highest BCUT2D eigenvalue weighted by atomic mass is 14.1. The normalized spacial score (nSPS) is 14.7. The molecule has 0 N–H and O–H groups in total. The highest BCUT2D eigenvalue weighted by Crippen LogP contribution is 2.24. The van der Waals surface area contributed by atoms with Gasteiger partial charge < -0.3 is 0 Å². The molecule has 0 fully saturated rings. The average molecular weight is 244 g/mol. The summed E-state index contributed by atoms with van der Waals surface area (Å²) in [6, 6.07) is 13.8. The Labute approximate surface area is 114 Å². The minimum absolute atomic E-state index is 1.03. The fourth-order valence-electron chi connectivity index (χ4n) is 3.05. The summed E-state index contributed by atoms with van der Waals surface area (Å²) in [5.74, 6) is 0. The Morgan fingerprint density at radius 3 is 1.74 bits per heavy atom. The van der Waals surface area contributed by atoms with Crippen LogP contribution in [0.5, 0.6) is 0 Å². The lowest BCUT2D eigenvalue weighted by Gasteiger charge is -2.07. The maximum Gasteiger partial charge on any atom is -0.00253 e. The molecule has 0 nitrogen and oxygen atoms in total. The zero-order valence-corrected chi connectivity index (χ0v) is 10.9. The summed E-state index contributed by atoms with van der Waals surface area (Å²) in [6.07, 6.45) is 12.2. The van der Waals surface area contributed by atoms with Crippen LogP contribution in [0.4, 0.5) is 0 Å². The van der Waals surface area contributed by atoms with E-state index in [1.807, 2.05) is 0 Å². The fraction of sp³-hybridized carbons (Fsp3) is 0.158. The number of fused-ring (bicyclic) bond motifs is 2. The second kappa shape index (κ2) is 4.24. The van der Waals surface area contributed by atoms with Gasteiger partial charge in [0.15, 0.2) is 0 Å². The van der Waals surface area contributed by atoms with Gasteiger partial charge in [0.1, 0.15) is 0 Å². The molecule has 2 aliphatic rings. The smallest absolute Gasteiger partial charge is 0.00253 e. The van der Waals surface area contributed by atoms with Crippen molar-refractivity contribution in [1.82, 2.24) is 0 Å². The number of hydrogen-bond acceptors (Lipinski definition) is 0. The molecule has 0 radical (unpaired) electrons. The molecule has 2 aromatic rings. The lowest BCUT2D eigenvalue weighted by atomic mass is 9.98. The summed E-state index contributed by atoms with van der Waals surface area (Å²) < 4.78 is 0. The summed E-state index contributed by atoms with van der Waals surface area (Å²) in [6.45, 7) is 0. The largest absolute Gasteiger partial charge is 0.0795 e. The van der Waals surface area contributed by atoms with Crippen molar-refractivity contribution in [2.75, 3.05) is 0 Å². The molecule has 0 saturated heterocycles. The van der Waals surface area contributed by atoms with E-state index in [2.05, 4.69) is 60.7 Å². The first kappa shape index (κ1) is 10.8. The molecule has 0 bridgehead atoms. The Balaban J connectivity index is 1.64. The summed E-state index contributed by atoms with van der Waals surface area (Å²) in [4.78, 5) is 0. The molecule has 0 spiro atoms. The monoisotopic (exact) mass is 244 g/mol. The summed E-state index contributed by atoms with van der Waals surface area (Å²) >= 11 is 0. The van der Waals surface area contributed by atoms with E-state index >= 15 is 0 Å². The predicted molar refractivity (Wildman–Crippen MR) is 81.2 cm³/mol. The third-order valence-electron chi connectivity index (χ3n) is 4.10. The maximum atomic E-state index is 2.34. The van der Waals surface area contributed by atoms with Gasteiger partial charge in [-0.3, -0.25) is 0 Å². The zero-order valence-electron chi connectivity index (χ0n) is 10.9. The minimum Gasteiger partial charge on any atom is -0.0795 e. The van der Waals surface area contributed by atoms with E-state index in [9.17, 15) is 0 Å². The van der Waals surface area contributed by atoms with Crippen LogP contribution in [0.2, 0.25) is 0 Å². The van der Waals surface area contributed by atoms with Crippen LogP contribution in [0.1, 0.15) is 33.4 Å². The summed E-state index contributed by atoms with van der Waals surface area (Å²) in [7, 11) is 0. The van der Waals surface area contributed by atoms with E-state index in [1.165, 1.54) is 33.4 Å². The molecular weight excluding hydrogens is 228 g/mol. The topological polar surface area (TPSA) is 0 Å². The molecule has 0 saturated carbocycles. The molecule has 0 aliphatic heterocycles. The van der Waals surface area contributed by atoms with E-state index in [0.29, 0.717) is 0 Å². The Kier molecular flexibility index (Phi) is 2.41. The molecule has 0 unspecified atom stereocenters. The Morgan fingerprint density at radius 1 is 0.684 bits per heavy atom. The third kappa shape index (κ3) is 1.94. The molecule has 0 heterocycles. The van der Waals surface area contributed by atoms with Gasteiger partial charge in [-0.05, 0) is 52.6 Å². The molecule has 92 valence electrons. The van der Waals surface area contributed by atoms with Crippen LogP contribution in [0.3, 0.4) is 0 Å². The van der Waals surface area contributed by atoms with Crippen LogP contribution >= 0.6 is 0 Å². The zero-order chi connectivity index (χ0) is 12.7. The summed E-state index contributed by atoms with van der Waals surface area (Å²) in [5.41, 5.74) is 8.54. The number of rotatable bonds is 2. The van der Waals surface area contributed by atoms with Crippen LogP contribution in [-0.4, -0.2) is 0 Å². The average Bonchev–Trinajstić information content (AvgIpc) is 3.05. The van der Waals surface area contributed by atoms with E-state index in [0.717, 1.165) is 19.3 Å². The fourth-order valence-corrected chi connectivity index (χ4v) is 3.05. The third-order valence-corrected chi connectivity index (χ3v) is 4.10. The SMILES string of the molecule is C1=Cc2cc(Cc3ccc4c(c3)C=CC4)ccc2C1. The lowest BCUT2D eigenvalue weighted by Crippen LogP contribution is -1.92. The van der Waals surface area contributed by atoms with Crippen molar-refractivity contribution < 1.29 is 0 Å².